The molecule has 4 nitrogen and oxygen atoms in total. The summed E-state index contributed by atoms with van der Waals surface area (Å²) in [5, 5.41) is 0.531. The molecule has 1 heterocycles. The van der Waals surface area contributed by atoms with Crippen LogP contribution in [0.15, 0.2) is 53.4 Å². The highest BCUT2D eigenvalue weighted by Gasteiger charge is 2.31. The number of benzene rings is 2. The Morgan fingerprint density at radius 1 is 1.04 bits per heavy atom. The third-order valence-electron chi connectivity index (χ3n) is 4.32. The zero-order valence-corrected chi connectivity index (χ0v) is 15.4. The van der Waals surface area contributed by atoms with Crippen LogP contribution in [0, 0.1) is 0 Å². The maximum absolute atomic E-state index is 12.9. The zero-order chi connectivity index (χ0) is 18.7. The lowest BCUT2D eigenvalue weighted by atomic mass is 10.1. The van der Waals surface area contributed by atoms with Gasteiger partial charge in [0.05, 0.1) is 15.6 Å². The number of piperidine rings is 1. The molecule has 2 aromatic rings. The molecule has 26 heavy (non-hydrogen) atoms. The maximum atomic E-state index is 12.9. The summed E-state index contributed by atoms with van der Waals surface area (Å²) in [6, 6.07) is 13.1. The number of rotatable bonds is 5. The molecule has 140 valence electrons. The third kappa shape index (κ3) is 3.94. The summed E-state index contributed by atoms with van der Waals surface area (Å²) in [6.07, 6.45) is 1.20. The minimum absolute atomic E-state index is 0.0648. The first kappa shape index (κ1) is 18.9. The molecule has 0 atom stereocenters. The number of hydrogen-bond donors (Lipinski definition) is 0. The number of hydrogen-bond acceptors (Lipinski definition) is 4. The molecule has 0 aliphatic carbocycles. The first-order valence-corrected chi connectivity index (χ1v) is 10.1. The second kappa shape index (κ2) is 7.80. The molecular weight excluding hydrogens is 384 g/mol. The number of alkyl halides is 2. The molecule has 1 aliphatic heterocycles. The summed E-state index contributed by atoms with van der Waals surface area (Å²) >= 11 is 6.10. The van der Waals surface area contributed by atoms with Gasteiger partial charge in [-0.2, -0.15) is 8.78 Å². The van der Waals surface area contributed by atoms with Crippen LogP contribution >= 0.6 is 11.6 Å². The van der Waals surface area contributed by atoms with Crippen molar-refractivity contribution in [3.8, 4) is 5.75 Å². The van der Waals surface area contributed by atoms with Crippen LogP contribution in [0.5, 0.6) is 5.75 Å². The average Bonchev–Trinajstić information content (AvgIpc) is 2.64. The van der Waals surface area contributed by atoms with Gasteiger partial charge in [-0.05, 0) is 24.3 Å². The Hall–Kier alpha value is -1.86. The van der Waals surface area contributed by atoms with Gasteiger partial charge >= 0.3 is 5.76 Å². The highest BCUT2D eigenvalue weighted by molar-refractivity contribution is 7.91. The summed E-state index contributed by atoms with van der Waals surface area (Å²) in [6.45, 7) is 1.01. The molecule has 0 aromatic heterocycles. The van der Waals surface area contributed by atoms with Crippen molar-refractivity contribution in [3.63, 3.8) is 0 Å². The monoisotopic (exact) mass is 401 g/mol. The van der Waals surface area contributed by atoms with E-state index < -0.39 is 15.6 Å². The highest BCUT2D eigenvalue weighted by atomic mass is 35.5. The van der Waals surface area contributed by atoms with Gasteiger partial charge in [0, 0.05) is 25.9 Å². The Morgan fingerprint density at radius 3 is 2.31 bits per heavy atom. The van der Waals surface area contributed by atoms with E-state index in [2.05, 4.69) is 0 Å². The van der Waals surface area contributed by atoms with Gasteiger partial charge in [-0.15, -0.1) is 0 Å². The molecule has 0 amide bonds. The second-order valence-electron chi connectivity index (χ2n) is 6.01. The molecule has 2 aromatic carbocycles. The van der Waals surface area contributed by atoms with Crippen molar-refractivity contribution in [1.29, 1.82) is 0 Å². The van der Waals surface area contributed by atoms with Crippen LogP contribution in [0.25, 0.3) is 0 Å². The average molecular weight is 402 g/mol. The number of para-hydroxylation sites is 2. The smallest absolute Gasteiger partial charge is 0.341 e. The molecule has 0 bridgehead atoms. The first-order chi connectivity index (χ1) is 12.4. The fraction of sp³-hybridized carbons (Fsp3) is 0.333. The van der Waals surface area contributed by atoms with Crippen LogP contribution < -0.4 is 9.64 Å². The van der Waals surface area contributed by atoms with Crippen LogP contribution in [0.3, 0.4) is 0 Å². The van der Waals surface area contributed by atoms with Gasteiger partial charge in [-0.25, -0.2) is 8.42 Å². The Kier molecular flexibility index (Phi) is 5.67. The van der Waals surface area contributed by atoms with Crippen molar-refractivity contribution in [2.24, 2.45) is 0 Å². The van der Waals surface area contributed by atoms with Gasteiger partial charge in [0.2, 0.25) is 9.84 Å². The summed E-state index contributed by atoms with van der Waals surface area (Å²) in [5.74, 6) is -2.84. The molecule has 1 saturated heterocycles. The van der Waals surface area contributed by atoms with Gasteiger partial charge in [0.1, 0.15) is 11.9 Å². The lowest BCUT2D eigenvalue weighted by molar-refractivity contribution is 0.171. The normalized spacial score (nSPS) is 16.1. The third-order valence-corrected chi connectivity index (χ3v) is 6.06. The van der Waals surface area contributed by atoms with Crippen LogP contribution in [-0.4, -0.2) is 33.4 Å². The minimum Gasteiger partial charge on any atom is -0.489 e. The molecule has 8 heteroatoms. The Bertz CT molecular complexity index is 868. The van der Waals surface area contributed by atoms with Crippen molar-refractivity contribution in [2.45, 2.75) is 29.6 Å². The van der Waals surface area contributed by atoms with Crippen molar-refractivity contribution < 1.29 is 21.9 Å². The number of halogens is 3. The van der Waals surface area contributed by atoms with E-state index >= 15 is 0 Å². The van der Waals surface area contributed by atoms with E-state index in [1.54, 1.807) is 24.3 Å². The van der Waals surface area contributed by atoms with Crippen molar-refractivity contribution >= 4 is 27.1 Å². The molecule has 0 N–H and O–H groups in total. The van der Waals surface area contributed by atoms with Crippen molar-refractivity contribution in [1.82, 2.24) is 0 Å². The summed E-state index contributed by atoms with van der Waals surface area (Å²) in [7, 11) is -4.65. The van der Waals surface area contributed by atoms with E-state index in [-0.39, 0.29) is 11.0 Å². The molecule has 3 rings (SSSR count). The van der Waals surface area contributed by atoms with Gasteiger partial charge in [-0.3, -0.25) is 0 Å². The molecule has 0 spiro atoms. The SMILES string of the molecule is O=S(=O)(c1ccccc1N1CCC(Oc2ccccc2Cl)CC1)C(F)F. The fourth-order valence-corrected chi connectivity index (χ4v) is 4.12. The van der Waals surface area contributed by atoms with Crippen LogP contribution in [-0.2, 0) is 9.84 Å². The van der Waals surface area contributed by atoms with E-state index in [9.17, 15) is 17.2 Å². The zero-order valence-electron chi connectivity index (χ0n) is 13.8. The van der Waals surface area contributed by atoms with E-state index in [0.29, 0.717) is 42.4 Å². The van der Waals surface area contributed by atoms with Crippen molar-refractivity contribution in [2.75, 3.05) is 18.0 Å². The van der Waals surface area contributed by atoms with E-state index in [4.69, 9.17) is 16.3 Å². The van der Waals surface area contributed by atoms with Crippen LogP contribution in [0.1, 0.15) is 12.8 Å². The summed E-state index contributed by atoms with van der Waals surface area (Å²) in [5.41, 5.74) is 0.309. The van der Waals surface area contributed by atoms with Gasteiger partial charge in [-0.1, -0.05) is 35.9 Å². The topological polar surface area (TPSA) is 46.6 Å². The predicted molar refractivity (Wildman–Crippen MR) is 96.9 cm³/mol. The minimum atomic E-state index is -4.65. The first-order valence-electron chi connectivity index (χ1n) is 8.17. The molecule has 0 saturated carbocycles. The molecular formula is C18H18ClF2NO3S. The Labute approximate surface area is 156 Å². The number of sulfone groups is 1. The number of ether oxygens (including phenoxy) is 1. The van der Waals surface area contributed by atoms with Crippen LogP contribution in [0.4, 0.5) is 14.5 Å². The Balaban J connectivity index is 1.72. The number of anilines is 1. The van der Waals surface area contributed by atoms with E-state index in [1.807, 2.05) is 17.0 Å². The fourth-order valence-electron chi connectivity index (χ4n) is 2.99. The van der Waals surface area contributed by atoms with E-state index in [1.165, 1.54) is 12.1 Å². The molecule has 0 radical (unpaired) electrons. The summed E-state index contributed by atoms with van der Waals surface area (Å²) < 4.78 is 55.7. The van der Waals surface area contributed by atoms with Gasteiger partial charge in [0.15, 0.2) is 0 Å². The Morgan fingerprint density at radius 2 is 1.65 bits per heavy atom. The van der Waals surface area contributed by atoms with Crippen LogP contribution in [0.2, 0.25) is 5.02 Å². The second-order valence-corrected chi connectivity index (χ2v) is 8.30. The molecule has 1 fully saturated rings. The standard InChI is InChI=1S/C18H18ClF2NO3S/c19-14-5-1-3-7-16(14)25-13-9-11-22(12-10-13)15-6-2-4-8-17(15)26(23,24)18(20)21/h1-8,13,18H,9-12H2. The summed E-state index contributed by atoms with van der Waals surface area (Å²) in [4.78, 5) is 1.47. The quantitative estimate of drug-likeness (QED) is 0.745. The lowest BCUT2D eigenvalue weighted by Crippen LogP contribution is -2.39. The van der Waals surface area contributed by atoms with Gasteiger partial charge in [0.25, 0.3) is 0 Å². The molecule has 0 unspecified atom stereocenters. The van der Waals surface area contributed by atoms with Crippen molar-refractivity contribution in [3.05, 3.63) is 53.6 Å². The van der Waals surface area contributed by atoms with Gasteiger partial charge < -0.3 is 9.64 Å². The number of nitrogens with zero attached hydrogens (tertiary/aromatic N) is 1. The lowest BCUT2D eigenvalue weighted by Gasteiger charge is -2.34. The highest BCUT2D eigenvalue weighted by Crippen LogP contribution is 2.32. The largest absolute Gasteiger partial charge is 0.489 e. The molecule has 1 aliphatic rings. The predicted octanol–water partition coefficient (Wildman–Crippen LogP) is 4.38. The maximum Gasteiger partial charge on any atom is 0.341 e. The van der Waals surface area contributed by atoms with E-state index in [0.717, 1.165) is 0 Å².